The molecule has 0 saturated heterocycles. The Kier molecular flexibility index (Phi) is 3.43. The van der Waals surface area contributed by atoms with E-state index in [9.17, 15) is 4.79 Å². The van der Waals surface area contributed by atoms with Gasteiger partial charge in [0.05, 0.1) is 12.2 Å². The maximum absolute atomic E-state index is 11.3. The fraction of sp³-hybridized carbons (Fsp3) is 0.400. The van der Waals surface area contributed by atoms with Crippen LogP contribution < -0.4 is 0 Å². The number of esters is 1. The van der Waals surface area contributed by atoms with Gasteiger partial charge in [0.2, 0.25) is 0 Å². The lowest BCUT2D eigenvalue weighted by Gasteiger charge is -2.01. The molecular weight excluding hydrogens is 166 g/mol. The van der Waals surface area contributed by atoms with Crippen molar-refractivity contribution in [2.24, 2.45) is 0 Å². The van der Waals surface area contributed by atoms with Crippen molar-refractivity contribution in [1.82, 2.24) is 4.98 Å². The van der Waals surface area contributed by atoms with Crippen LogP contribution in [0.1, 0.15) is 29.4 Å². The third-order valence-corrected chi connectivity index (χ3v) is 1.58. The van der Waals surface area contributed by atoms with Crippen molar-refractivity contribution in [3.05, 3.63) is 29.6 Å². The second kappa shape index (κ2) is 4.60. The Bertz CT molecular complexity index is 279. The van der Waals surface area contributed by atoms with Gasteiger partial charge >= 0.3 is 5.97 Å². The number of nitrogens with zero attached hydrogens (tertiary/aromatic N) is 1. The van der Waals surface area contributed by atoms with Crippen LogP contribution in [0.5, 0.6) is 0 Å². The van der Waals surface area contributed by atoms with Gasteiger partial charge in [0.1, 0.15) is 0 Å². The topological polar surface area (TPSA) is 39.2 Å². The first-order valence-electron chi connectivity index (χ1n) is 4.34. The summed E-state index contributed by atoms with van der Waals surface area (Å²) in [6.45, 7) is 4.30. The van der Waals surface area contributed by atoms with Gasteiger partial charge in [0.15, 0.2) is 0 Å². The molecule has 0 amide bonds. The summed E-state index contributed by atoms with van der Waals surface area (Å²) in [5.74, 6) is -0.297. The van der Waals surface area contributed by atoms with E-state index in [1.165, 1.54) is 6.20 Å². The normalized spacial score (nSPS) is 9.69. The van der Waals surface area contributed by atoms with Gasteiger partial charge in [-0.3, -0.25) is 4.98 Å². The molecule has 0 aliphatic carbocycles. The first-order chi connectivity index (χ1) is 6.24. The lowest BCUT2D eigenvalue weighted by atomic mass is 10.2. The number of pyridine rings is 1. The van der Waals surface area contributed by atoms with Crippen LogP contribution in [0.3, 0.4) is 0 Å². The van der Waals surface area contributed by atoms with Crippen LogP contribution >= 0.6 is 0 Å². The number of aryl methyl sites for hydroxylation is 1. The van der Waals surface area contributed by atoms with E-state index in [0.717, 1.165) is 12.1 Å². The molecule has 13 heavy (non-hydrogen) atoms. The third kappa shape index (κ3) is 2.86. The van der Waals surface area contributed by atoms with Crippen LogP contribution in [0, 0.1) is 6.92 Å². The molecule has 1 rings (SSSR count). The zero-order valence-electron chi connectivity index (χ0n) is 7.91. The van der Waals surface area contributed by atoms with Crippen LogP contribution in [-0.4, -0.2) is 17.6 Å². The van der Waals surface area contributed by atoms with Crippen molar-refractivity contribution >= 4 is 5.97 Å². The number of carbonyl (C=O) groups excluding carboxylic acids is 1. The molecule has 0 aliphatic rings. The van der Waals surface area contributed by atoms with E-state index < -0.39 is 0 Å². The molecule has 3 nitrogen and oxygen atoms in total. The standard InChI is InChI=1S/C10H13NO2/c1-3-6-13-10(12)9-5-4-8(2)11-7-9/h4-5,7H,3,6H2,1-2H3. The highest BCUT2D eigenvalue weighted by molar-refractivity contribution is 5.88. The molecule has 0 aromatic carbocycles. The lowest BCUT2D eigenvalue weighted by Crippen LogP contribution is -2.06. The number of ether oxygens (including phenoxy) is 1. The first-order valence-corrected chi connectivity index (χ1v) is 4.34. The molecule has 0 bridgehead atoms. The van der Waals surface area contributed by atoms with Crippen molar-refractivity contribution in [3.8, 4) is 0 Å². The summed E-state index contributed by atoms with van der Waals surface area (Å²) in [5, 5.41) is 0. The molecule has 70 valence electrons. The Labute approximate surface area is 77.8 Å². The molecule has 1 aromatic heterocycles. The highest BCUT2D eigenvalue weighted by Gasteiger charge is 2.05. The Morgan fingerprint density at radius 2 is 2.31 bits per heavy atom. The summed E-state index contributed by atoms with van der Waals surface area (Å²) in [7, 11) is 0. The molecule has 0 aliphatic heterocycles. The van der Waals surface area contributed by atoms with E-state index in [0.29, 0.717) is 12.2 Å². The van der Waals surface area contributed by atoms with Crippen LogP contribution in [0.4, 0.5) is 0 Å². The number of aromatic nitrogens is 1. The van der Waals surface area contributed by atoms with Crippen molar-refractivity contribution in [2.45, 2.75) is 20.3 Å². The van der Waals surface area contributed by atoms with E-state index in [-0.39, 0.29) is 5.97 Å². The van der Waals surface area contributed by atoms with Crippen LogP contribution in [0.2, 0.25) is 0 Å². The predicted octanol–water partition coefficient (Wildman–Crippen LogP) is 1.96. The largest absolute Gasteiger partial charge is 0.462 e. The summed E-state index contributed by atoms with van der Waals surface area (Å²) >= 11 is 0. The molecule has 0 spiro atoms. The average Bonchev–Trinajstić information content (AvgIpc) is 2.15. The zero-order valence-corrected chi connectivity index (χ0v) is 7.91. The van der Waals surface area contributed by atoms with Crippen molar-refractivity contribution in [3.63, 3.8) is 0 Å². The summed E-state index contributed by atoms with van der Waals surface area (Å²) in [6.07, 6.45) is 2.37. The number of hydrogen-bond acceptors (Lipinski definition) is 3. The number of carbonyl (C=O) groups is 1. The Hall–Kier alpha value is -1.38. The van der Waals surface area contributed by atoms with Crippen LogP contribution in [0.25, 0.3) is 0 Å². The fourth-order valence-electron chi connectivity index (χ4n) is 0.867. The molecule has 3 heteroatoms. The van der Waals surface area contributed by atoms with Gasteiger partial charge in [-0.1, -0.05) is 6.92 Å². The molecule has 0 fully saturated rings. The minimum Gasteiger partial charge on any atom is -0.462 e. The van der Waals surface area contributed by atoms with E-state index in [4.69, 9.17) is 4.74 Å². The molecule has 0 atom stereocenters. The van der Waals surface area contributed by atoms with Crippen LogP contribution in [0.15, 0.2) is 18.3 Å². The zero-order chi connectivity index (χ0) is 9.68. The minimum atomic E-state index is -0.297. The van der Waals surface area contributed by atoms with Gasteiger partial charge < -0.3 is 4.74 Å². The van der Waals surface area contributed by atoms with Gasteiger partial charge in [-0.25, -0.2) is 4.79 Å². The lowest BCUT2D eigenvalue weighted by molar-refractivity contribution is 0.0504. The van der Waals surface area contributed by atoms with Crippen molar-refractivity contribution in [2.75, 3.05) is 6.61 Å². The maximum Gasteiger partial charge on any atom is 0.339 e. The van der Waals surface area contributed by atoms with Gasteiger partial charge in [0, 0.05) is 11.9 Å². The Balaban J connectivity index is 2.61. The van der Waals surface area contributed by atoms with Crippen molar-refractivity contribution < 1.29 is 9.53 Å². The number of hydrogen-bond donors (Lipinski definition) is 0. The smallest absolute Gasteiger partial charge is 0.339 e. The predicted molar refractivity (Wildman–Crippen MR) is 49.5 cm³/mol. The van der Waals surface area contributed by atoms with Crippen molar-refractivity contribution in [1.29, 1.82) is 0 Å². The summed E-state index contributed by atoms with van der Waals surface area (Å²) in [4.78, 5) is 15.3. The quantitative estimate of drug-likeness (QED) is 0.666. The maximum atomic E-state index is 11.3. The van der Waals surface area contributed by atoms with E-state index in [2.05, 4.69) is 4.98 Å². The molecule has 0 unspecified atom stereocenters. The monoisotopic (exact) mass is 179 g/mol. The highest BCUT2D eigenvalue weighted by Crippen LogP contribution is 2.01. The van der Waals surface area contributed by atoms with Gasteiger partial charge in [-0.2, -0.15) is 0 Å². The Morgan fingerprint density at radius 3 is 2.85 bits per heavy atom. The first kappa shape index (κ1) is 9.71. The molecule has 0 radical (unpaired) electrons. The molecule has 1 aromatic rings. The SMILES string of the molecule is CCCOC(=O)c1ccc(C)nc1. The third-order valence-electron chi connectivity index (χ3n) is 1.58. The average molecular weight is 179 g/mol. The number of rotatable bonds is 3. The van der Waals surface area contributed by atoms with Gasteiger partial charge in [-0.15, -0.1) is 0 Å². The minimum absolute atomic E-state index is 0.297. The second-order valence-electron chi connectivity index (χ2n) is 2.82. The summed E-state index contributed by atoms with van der Waals surface area (Å²) < 4.78 is 4.94. The van der Waals surface area contributed by atoms with Gasteiger partial charge in [-0.05, 0) is 25.5 Å². The highest BCUT2D eigenvalue weighted by atomic mass is 16.5. The second-order valence-corrected chi connectivity index (χ2v) is 2.82. The summed E-state index contributed by atoms with van der Waals surface area (Å²) in [6, 6.07) is 3.52. The van der Waals surface area contributed by atoms with Crippen LogP contribution in [-0.2, 0) is 4.74 Å². The molecule has 0 N–H and O–H groups in total. The Morgan fingerprint density at radius 1 is 1.54 bits per heavy atom. The van der Waals surface area contributed by atoms with Gasteiger partial charge in [0.25, 0.3) is 0 Å². The molecule has 1 heterocycles. The van der Waals surface area contributed by atoms with E-state index in [1.54, 1.807) is 12.1 Å². The molecular formula is C10H13NO2. The fourth-order valence-corrected chi connectivity index (χ4v) is 0.867. The molecule has 0 saturated carbocycles. The van der Waals surface area contributed by atoms with E-state index in [1.807, 2.05) is 13.8 Å². The summed E-state index contributed by atoms with van der Waals surface area (Å²) in [5.41, 5.74) is 1.41. The van der Waals surface area contributed by atoms with E-state index >= 15 is 0 Å².